The van der Waals surface area contributed by atoms with E-state index in [0.29, 0.717) is 12.8 Å². The number of hydrogen-bond donors (Lipinski definition) is 3. The summed E-state index contributed by atoms with van der Waals surface area (Å²) in [6.07, 6.45) is 2.09. The molecule has 1 rings (SSSR count). The molecule has 7 heavy (non-hydrogen) atoms. The fraction of sp³-hybridized carbons (Fsp3) is 1.00. The molecular formula is C4H11NO2. The Bertz CT molecular complexity index is 56.7. The first-order valence-corrected chi connectivity index (χ1v) is 2.15. The minimum absolute atomic E-state index is 0. The largest absolute Gasteiger partial charge is 0.366 e. The molecule has 0 heterocycles. The lowest BCUT2D eigenvalue weighted by Gasteiger charge is -2.29. The third-order valence-electron chi connectivity index (χ3n) is 1.15. The third kappa shape index (κ3) is 1.43. The summed E-state index contributed by atoms with van der Waals surface area (Å²) in [5.74, 6) is -1.28. The molecular weight excluding hydrogens is 94.0 g/mol. The first kappa shape index (κ1) is 6.88. The van der Waals surface area contributed by atoms with Gasteiger partial charge in [-0.3, -0.25) is 0 Å². The molecule has 44 valence electrons. The molecule has 0 atom stereocenters. The maximum Gasteiger partial charge on any atom is 0.162 e. The highest BCUT2D eigenvalue weighted by Crippen LogP contribution is 2.27. The molecule has 0 unspecified atom stereocenters. The average molecular weight is 105 g/mol. The van der Waals surface area contributed by atoms with E-state index in [9.17, 15) is 0 Å². The smallest absolute Gasteiger partial charge is 0.162 e. The van der Waals surface area contributed by atoms with E-state index in [1.807, 2.05) is 0 Å². The Labute approximate surface area is 42.6 Å². The first-order valence-electron chi connectivity index (χ1n) is 2.15. The molecule has 0 aromatic heterocycles. The van der Waals surface area contributed by atoms with Crippen LogP contribution in [0.25, 0.3) is 0 Å². The predicted octanol–water partition coefficient (Wildman–Crippen LogP) is 0.0132. The van der Waals surface area contributed by atoms with Gasteiger partial charge in [-0.25, -0.2) is 0 Å². The first-order chi connectivity index (χ1) is 2.71. The number of aliphatic hydroxyl groups is 2. The Morgan fingerprint density at radius 2 is 1.43 bits per heavy atom. The van der Waals surface area contributed by atoms with Crippen LogP contribution in [0.5, 0.6) is 0 Å². The van der Waals surface area contributed by atoms with Gasteiger partial charge in [-0.1, -0.05) is 0 Å². The van der Waals surface area contributed by atoms with Gasteiger partial charge in [0, 0.05) is 12.8 Å². The Morgan fingerprint density at radius 1 is 1.14 bits per heavy atom. The van der Waals surface area contributed by atoms with Gasteiger partial charge in [0.15, 0.2) is 5.79 Å². The zero-order valence-corrected chi connectivity index (χ0v) is 4.22. The quantitative estimate of drug-likeness (QED) is 0.380. The summed E-state index contributed by atoms with van der Waals surface area (Å²) in [5.41, 5.74) is 0. The Kier molecular flexibility index (Phi) is 1.75. The van der Waals surface area contributed by atoms with Gasteiger partial charge in [0.05, 0.1) is 0 Å². The molecule has 0 radical (unpaired) electrons. The van der Waals surface area contributed by atoms with Crippen molar-refractivity contribution in [1.82, 2.24) is 6.15 Å². The van der Waals surface area contributed by atoms with Crippen LogP contribution in [0, 0.1) is 0 Å². The van der Waals surface area contributed by atoms with Crippen molar-refractivity contribution in [3.05, 3.63) is 0 Å². The van der Waals surface area contributed by atoms with Gasteiger partial charge in [0.2, 0.25) is 0 Å². The summed E-state index contributed by atoms with van der Waals surface area (Å²) < 4.78 is 0. The highest BCUT2D eigenvalue weighted by Gasteiger charge is 2.30. The molecule has 0 aliphatic heterocycles. The Hall–Kier alpha value is -0.120. The zero-order valence-electron chi connectivity index (χ0n) is 4.22. The molecule has 0 spiro atoms. The molecule has 0 saturated heterocycles. The van der Waals surface area contributed by atoms with E-state index in [-0.39, 0.29) is 6.15 Å². The topological polar surface area (TPSA) is 75.5 Å². The van der Waals surface area contributed by atoms with Gasteiger partial charge in [0.25, 0.3) is 0 Å². The maximum atomic E-state index is 8.47. The summed E-state index contributed by atoms with van der Waals surface area (Å²) in [5, 5.41) is 16.9. The highest BCUT2D eigenvalue weighted by molar-refractivity contribution is 4.74. The van der Waals surface area contributed by atoms with Crippen molar-refractivity contribution < 1.29 is 10.2 Å². The monoisotopic (exact) mass is 105 g/mol. The molecule has 0 bridgehead atoms. The lowest BCUT2D eigenvalue weighted by molar-refractivity contribution is -0.210. The van der Waals surface area contributed by atoms with Crippen molar-refractivity contribution in [2.75, 3.05) is 0 Å². The molecule has 0 aromatic rings. The Balaban J connectivity index is 0.000000360. The van der Waals surface area contributed by atoms with E-state index in [2.05, 4.69) is 0 Å². The van der Waals surface area contributed by atoms with Crippen LogP contribution in [0.1, 0.15) is 19.3 Å². The van der Waals surface area contributed by atoms with Crippen LogP contribution in [0.15, 0.2) is 0 Å². The zero-order chi connectivity index (χ0) is 4.62. The maximum absolute atomic E-state index is 8.47. The fourth-order valence-corrected chi connectivity index (χ4v) is 0.493. The van der Waals surface area contributed by atoms with Gasteiger partial charge in [-0.2, -0.15) is 0 Å². The molecule has 1 fully saturated rings. The van der Waals surface area contributed by atoms with Crippen LogP contribution < -0.4 is 6.15 Å². The minimum atomic E-state index is -1.28. The normalized spacial score (nSPS) is 24.9. The van der Waals surface area contributed by atoms with Crippen molar-refractivity contribution in [1.29, 1.82) is 0 Å². The Morgan fingerprint density at radius 3 is 1.43 bits per heavy atom. The summed E-state index contributed by atoms with van der Waals surface area (Å²) >= 11 is 0. The standard InChI is InChI=1S/C4H8O2.H3N/c5-4(6)2-1-3-4;/h5-6H,1-3H2;1H3. The second kappa shape index (κ2) is 1.78. The SMILES string of the molecule is N.OC1(O)CCC1. The van der Waals surface area contributed by atoms with E-state index in [0.717, 1.165) is 6.42 Å². The van der Waals surface area contributed by atoms with Crippen LogP contribution in [-0.4, -0.2) is 16.0 Å². The average Bonchev–Trinajstić information content (AvgIpc) is 1.32. The molecule has 3 nitrogen and oxygen atoms in total. The molecule has 1 aliphatic carbocycles. The van der Waals surface area contributed by atoms with Crippen molar-refractivity contribution in [2.24, 2.45) is 0 Å². The molecule has 1 saturated carbocycles. The van der Waals surface area contributed by atoms with Crippen LogP contribution >= 0.6 is 0 Å². The predicted molar refractivity (Wildman–Crippen MR) is 26.0 cm³/mol. The van der Waals surface area contributed by atoms with Gasteiger partial charge in [0.1, 0.15) is 0 Å². The molecule has 0 amide bonds. The van der Waals surface area contributed by atoms with Crippen molar-refractivity contribution in [3.63, 3.8) is 0 Å². The second-order valence-electron chi connectivity index (χ2n) is 1.84. The molecule has 3 heteroatoms. The lowest BCUT2D eigenvalue weighted by Crippen LogP contribution is -2.35. The number of rotatable bonds is 0. The van der Waals surface area contributed by atoms with Gasteiger partial charge >= 0.3 is 0 Å². The van der Waals surface area contributed by atoms with E-state index >= 15 is 0 Å². The van der Waals surface area contributed by atoms with E-state index in [4.69, 9.17) is 10.2 Å². The lowest BCUT2D eigenvalue weighted by atomic mass is 9.92. The summed E-state index contributed by atoms with van der Waals surface area (Å²) in [6, 6.07) is 0. The van der Waals surface area contributed by atoms with Crippen molar-refractivity contribution in [3.8, 4) is 0 Å². The minimum Gasteiger partial charge on any atom is -0.366 e. The third-order valence-corrected chi connectivity index (χ3v) is 1.15. The molecule has 5 N–H and O–H groups in total. The highest BCUT2D eigenvalue weighted by atomic mass is 16.5. The summed E-state index contributed by atoms with van der Waals surface area (Å²) in [4.78, 5) is 0. The van der Waals surface area contributed by atoms with Crippen LogP contribution in [0.4, 0.5) is 0 Å². The van der Waals surface area contributed by atoms with Gasteiger partial charge < -0.3 is 16.4 Å². The van der Waals surface area contributed by atoms with Crippen LogP contribution in [0.3, 0.4) is 0 Å². The fourth-order valence-electron chi connectivity index (χ4n) is 0.493. The second-order valence-corrected chi connectivity index (χ2v) is 1.84. The molecule has 0 aromatic carbocycles. The van der Waals surface area contributed by atoms with E-state index in [1.165, 1.54) is 0 Å². The van der Waals surface area contributed by atoms with Gasteiger partial charge in [-0.15, -0.1) is 0 Å². The van der Waals surface area contributed by atoms with Crippen molar-refractivity contribution >= 4 is 0 Å². The van der Waals surface area contributed by atoms with Crippen molar-refractivity contribution in [2.45, 2.75) is 25.0 Å². The van der Waals surface area contributed by atoms with E-state index < -0.39 is 5.79 Å². The van der Waals surface area contributed by atoms with Gasteiger partial charge in [-0.05, 0) is 6.42 Å². The summed E-state index contributed by atoms with van der Waals surface area (Å²) in [6.45, 7) is 0. The van der Waals surface area contributed by atoms with E-state index in [1.54, 1.807) is 0 Å². The number of hydrogen-bond acceptors (Lipinski definition) is 3. The van der Waals surface area contributed by atoms with Crippen LogP contribution in [0.2, 0.25) is 0 Å². The van der Waals surface area contributed by atoms with Crippen LogP contribution in [-0.2, 0) is 0 Å². The summed E-state index contributed by atoms with van der Waals surface area (Å²) in [7, 11) is 0. The molecule has 1 aliphatic rings.